The molecule has 1 aliphatic rings. The van der Waals surface area contributed by atoms with Gasteiger partial charge in [-0.05, 0) is 24.3 Å². The highest BCUT2D eigenvalue weighted by atomic mass is 32.2. The van der Waals surface area contributed by atoms with E-state index in [0.717, 1.165) is 17.2 Å². The van der Waals surface area contributed by atoms with Gasteiger partial charge in [0.1, 0.15) is 0 Å². The second kappa shape index (κ2) is 4.24. The third-order valence-corrected chi connectivity index (χ3v) is 3.16. The monoisotopic (exact) mass is 267 g/mol. The first kappa shape index (κ1) is 12.3. The summed E-state index contributed by atoms with van der Waals surface area (Å²) in [7, 11) is -3.76. The van der Waals surface area contributed by atoms with Gasteiger partial charge in [-0.2, -0.15) is 5.01 Å². The number of anilines is 1. The topological polar surface area (TPSA) is 110 Å². The molecule has 1 aromatic rings. The third kappa shape index (κ3) is 2.39. The van der Waals surface area contributed by atoms with E-state index in [1.165, 1.54) is 24.3 Å². The van der Waals surface area contributed by atoms with Crippen molar-refractivity contribution >= 4 is 27.5 Å². The molecule has 1 aromatic carbocycles. The van der Waals surface area contributed by atoms with E-state index in [1.807, 2.05) is 0 Å². The maximum absolute atomic E-state index is 11.3. The normalized spacial score (nSPS) is 15.3. The number of nitrogens with zero attached hydrogens (tertiary/aromatic N) is 1. The van der Waals surface area contributed by atoms with E-state index in [9.17, 15) is 18.0 Å². The van der Waals surface area contributed by atoms with Gasteiger partial charge >= 0.3 is 0 Å². The van der Waals surface area contributed by atoms with Crippen molar-refractivity contribution in [3.8, 4) is 0 Å². The molecule has 1 heterocycles. The molecule has 18 heavy (non-hydrogen) atoms. The van der Waals surface area contributed by atoms with Crippen LogP contribution in [0.2, 0.25) is 0 Å². The summed E-state index contributed by atoms with van der Waals surface area (Å²) in [6.07, 6.45) is 2.27. The second-order valence-corrected chi connectivity index (χ2v) is 5.09. The molecule has 0 aromatic heterocycles. The molecule has 2 rings (SSSR count). The Morgan fingerprint density at radius 3 is 1.94 bits per heavy atom. The van der Waals surface area contributed by atoms with Gasteiger partial charge in [0.2, 0.25) is 10.0 Å². The Morgan fingerprint density at radius 2 is 1.50 bits per heavy atom. The summed E-state index contributed by atoms with van der Waals surface area (Å²) in [5.41, 5.74) is 2.95. The molecular formula is C10H9N3O4S. The van der Waals surface area contributed by atoms with Gasteiger partial charge in [-0.1, -0.05) is 0 Å². The lowest BCUT2D eigenvalue weighted by Gasteiger charge is -2.16. The van der Waals surface area contributed by atoms with Crippen molar-refractivity contribution in [2.24, 2.45) is 5.14 Å². The van der Waals surface area contributed by atoms with Crippen LogP contribution >= 0.6 is 0 Å². The largest absolute Gasteiger partial charge is 0.288 e. The van der Waals surface area contributed by atoms with Crippen molar-refractivity contribution in [1.29, 1.82) is 0 Å². The van der Waals surface area contributed by atoms with Crippen LogP contribution in [0.1, 0.15) is 0 Å². The first-order valence-electron chi connectivity index (χ1n) is 4.83. The van der Waals surface area contributed by atoms with Crippen LogP contribution in [-0.2, 0) is 19.6 Å². The zero-order valence-electron chi connectivity index (χ0n) is 9.03. The zero-order chi connectivity index (χ0) is 13.3. The Bertz CT molecular complexity index is 616. The first-order valence-corrected chi connectivity index (χ1v) is 6.38. The Labute approximate surface area is 103 Å². The number of amides is 2. The van der Waals surface area contributed by atoms with Crippen LogP contribution in [0.5, 0.6) is 0 Å². The summed E-state index contributed by atoms with van der Waals surface area (Å²) in [5, 5.41) is 5.75. The third-order valence-electron chi connectivity index (χ3n) is 2.23. The van der Waals surface area contributed by atoms with Crippen molar-refractivity contribution < 1.29 is 18.0 Å². The fraction of sp³-hybridized carbons (Fsp3) is 0. The number of carbonyl (C=O) groups is 2. The van der Waals surface area contributed by atoms with Crippen LogP contribution in [0.15, 0.2) is 41.3 Å². The van der Waals surface area contributed by atoms with Crippen molar-refractivity contribution in [1.82, 2.24) is 5.01 Å². The summed E-state index contributed by atoms with van der Waals surface area (Å²) >= 11 is 0. The number of hydrogen-bond acceptors (Lipinski definition) is 5. The molecule has 0 spiro atoms. The van der Waals surface area contributed by atoms with Gasteiger partial charge < -0.3 is 0 Å². The lowest BCUT2D eigenvalue weighted by atomic mass is 10.3. The van der Waals surface area contributed by atoms with Crippen LogP contribution in [0.3, 0.4) is 0 Å². The van der Waals surface area contributed by atoms with Crippen molar-refractivity contribution in [3.63, 3.8) is 0 Å². The molecule has 7 nitrogen and oxygen atoms in total. The molecule has 94 valence electrons. The van der Waals surface area contributed by atoms with Crippen LogP contribution in [-0.4, -0.2) is 25.2 Å². The predicted molar refractivity (Wildman–Crippen MR) is 62.4 cm³/mol. The highest BCUT2D eigenvalue weighted by molar-refractivity contribution is 7.89. The van der Waals surface area contributed by atoms with Gasteiger partial charge in [0, 0.05) is 12.2 Å². The minimum atomic E-state index is -3.76. The SMILES string of the molecule is NS(=O)(=O)c1ccc(NN2C(=O)C=CC2=O)cc1. The van der Waals surface area contributed by atoms with Crippen molar-refractivity contribution in [2.45, 2.75) is 4.90 Å². The van der Waals surface area contributed by atoms with Gasteiger partial charge in [0.05, 0.1) is 10.6 Å². The Morgan fingerprint density at radius 1 is 1.00 bits per heavy atom. The molecule has 3 N–H and O–H groups in total. The molecule has 0 atom stereocenters. The van der Waals surface area contributed by atoms with E-state index < -0.39 is 21.8 Å². The summed E-state index contributed by atoms with van der Waals surface area (Å²) < 4.78 is 22.0. The molecule has 8 heteroatoms. The van der Waals surface area contributed by atoms with E-state index >= 15 is 0 Å². The van der Waals surface area contributed by atoms with Crippen LogP contribution in [0.4, 0.5) is 5.69 Å². The molecule has 0 fully saturated rings. The molecule has 0 aliphatic carbocycles. The van der Waals surface area contributed by atoms with Gasteiger partial charge in [0.25, 0.3) is 11.8 Å². The Balaban J connectivity index is 2.17. The number of nitrogens with one attached hydrogen (secondary N) is 1. The second-order valence-electron chi connectivity index (χ2n) is 3.53. The maximum Gasteiger partial charge on any atom is 0.272 e. The van der Waals surface area contributed by atoms with Crippen molar-refractivity contribution in [2.75, 3.05) is 5.43 Å². The van der Waals surface area contributed by atoms with Crippen molar-refractivity contribution in [3.05, 3.63) is 36.4 Å². The molecule has 0 bridgehead atoms. The number of imide groups is 1. The number of carbonyl (C=O) groups excluding carboxylic acids is 2. The summed E-state index contributed by atoms with van der Waals surface area (Å²) in [6, 6.07) is 5.35. The minimum Gasteiger partial charge on any atom is -0.288 e. The maximum atomic E-state index is 11.3. The smallest absolute Gasteiger partial charge is 0.272 e. The quantitative estimate of drug-likeness (QED) is 0.723. The summed E-state index contributed by atoms with van der Waals surface area (Å²) in [6.45, 7) is 0. The Hall–Kier alpha value is -2.19. The molecule has 0 saturated heterocycles. The van der Waals surface area contributed by atoms with Crippen LogP contribution in [0, 0.1) is 0 Å². The van der Waals surface area contributed by atoms with Gasteiger partial charge in [-0.3, -0.25) is 15.0 Å². The number of hydrogen-bond donors (Lipinski definition) is 2. The number of nitrogens with two attached hydrogens (primary N) is 1. The molecule has 0 unspecified atom stereocenters. The number of benzene rings is 1. The molecule has 0 saturated carbocycles. The Kier molecular flexibility index (Phi) is 2.89. The summed E-state index contributed by atoms with van der Waals surface area (Å²) in [4.78, 5) is 22.5. The van der Waals surface area contributed by atoms with E-state index in [0.29, 0.717) is 5.69 Å². The lowest BCUT2D eigenvalue weighted by Crippen LogP contribution is -2.35. The molecular weight excluding hydrogens is 258 g/mol. The van der Waals surface area contributed by atoms with Crippen LogP contribution in [0.25, 0.3) is 0 Å². The standard InChI is InChI=1S/C10H9N3O4S/c11-18(16,17)8-3-1-7(2-4-8)12-13-9(14)5-6-10(13)15/h1-6,12H,(H2,11,16,17). The van der Waals surface area contributed by atoms with Gasteiger partial charge in [-0.25, -0.2) is 13.6 Å². The van der Waals surface area contributed by atoms with Gasteiger partial charge in [0.15, 0.2) is 0 Å². The predicted octanol–water partition coefficient (Wildman–Crippen LogP) is -0.414. The first-order chi connectivity index (χ1) is 8.38. The fourth-order valence-corrected chi connectivity index (χ4v) is 1.87. The lowest BCUT2D eigenvalue weighted by molar-refractivity contribution is -0.135. The average molecular weight is 267 g/mol. The average Bonchev–Trinajstić information content (AvgIpc) is 2.60. The highest BCUT2D eigenvalue weighted by Gasteiger charge is 2.23. The fourth-order valence-electron chi connectivity index (χ4n) is 1.36. The van der Waals surface area contributed by atoms with E-state index in [2.05, 4.69) is 5.43 Å². The molecule has 1 aliphatic heterocycles. The summed E-state index contributed by atoms with van der Waals surface area (Å²) in [5.74, 6) is -0.981. The number of hydrazine groups is 1. The van der Waals surface area contributed by atoms with E-state index in [4.69, 9.17) is 5.14 Å². The van der Waals surface area contributed by atoms with E-state index in [1.54, 1.807) is 0 Å². The van der Waals surface area contributed by atoms with E-state index in [-0.39, 0.29) is 4.90 Å². The molecule has 2 amide bonds. The number of primary sulfonamides is 1. The molecule has 0 radical (unpaired) electrons. The number of sulfonamides is 1. The van der Waals surface area contributed by atoms with Gasteiger partial charge in [-0.15, -0.1) is 0 Å². The minimum absolute atomic E-state index is 0.0507. The highest BCUT2D eigenvalue weighted by Crippen LogP contribution is 2.15. The van der Waals surface area contributed by atoms with Crippen LogP contribution < -0.4 is 10.6 Å². The number of rotatable bonds is 3. The zero-order valence-corrected chi connectivity index (χ0v) is 9.85.